The molecule has 0 saturated carbocycles. The minimum Gasteiger partial charge on any atom is -0.497 e. The third kappa shape index (κ3) is 6.57. The number of amides is 2. The Hall–Kier alpha value is -2.90. The van der Waals surface area contributed by atoms with E-state index in [0.29, 0.717) is 18.0 Å². The van der Waals surface area contributed by atoms with E-state index in [4.69, 9.17) is 9.47 Å². The van der Waals surface area contributed by atoms with E-state index in [1.54, 1.807) is 31.4 Å². The van der Waals surface area contributed by atoms with Gasteiger partial charge in [0.15, 0.2) is 0 Å². The minimum atomic E-state index is -0.668. The van der Waals surface area contributed by atoms with Gasteiger partial charge in [-0.2, -0.15) is 0 Å². The molecule has 3 rings (SSSR count). The molecular weight excluding hydrogens is 382 g/mol. The van der Waals surface area contributed by atoms with Gasteiger partial charge in [0.2, 0.25) is 0 Å². The van der Waals surface area contributed by atoms with Crippen molar-refractivity contribution < 1.29 is 19.1 Å². The SMILES string of the molecule is COc1ccc(NC(=O)C(=O)NCCCCN2CCOC(c3ccccc3)C2)cc1. The van der Waals surface area contributed by atoms with Gasteiger partial charge in [-0.05, 0) is 49.2 Å². The van der Waals surface area contributed by atoms with E-state index in [1.165, 1.54) is 5.56 Å². The summed E-state index contributed by atoms with van der Waals surface area (Å²) in [5.74, 6) is -0.604. The summed E-state index contributed by atoms with van der Waals surface area (Å²) in [6, 6.07) is 17.1. The molecule has 0 bridgehead atoms. The molecule has 1 atom stereocenters. The number of benzene rings is 2. The van der Waals surface area contributed by atoms with Crippen LogP contribution in [0.1, 0.15) is 24.5 Å². The molecule has 0 aromatic heterocycles. The quantitative estimate of drug-likeness (QED) is 0.516. The van der Waals surface area contributed by atoms with Gasteiger partial charge < -0.3 is 20.1 Å². The fourth-order valence-corrected chi connectivity index (χ4v) is 3.38. The lowest BCUT2D eigenvalue weighted by Gasteiger charge is -2.33. The second kappa shape index (κ2) is 11.3. The van der Waals surface area contributed by atoms with Gasteiger partial charge in [0.25, 0.3) is 0 Å². The highest BCUT2D eigenvalue weighted by molar-refractivity contribution is 6.39. The molecule has 2 aromatic carbocycles. The van der Waals surface area contributed by atoms with Crippen LogP contribution >= 0.6 is 0 Å². The summed E-state index contributed by atoms with van der Waals surface area (Å²) in [6.45, 7) is 3.93. The number of carbonyl (C=O) groups is 2. The Morgan fingerprint density at radius 2 is 1.83 bits per heavy atom. The summed E-state index contributed by atoms with van der Waals surface area (Å²) in [5, 5.41) is 5.26. The predicted octanol–water partition coefficient (Wildman–Crippen LogP) is 2.60. The number of morpholine rings is 1. The molecule has 7 heteroatoms. The van der Waals surface area contributed by atoms with Crippen molar-refractivity contribution in [3.8, 4) is 5.75 Å². The van der Waals surface area contributed by atoms with Crippen LogP contribution in [0, 0.1) is 0 Å². The Kier molecular flexibility index (Phi) is 8.23. The monoisotopic (exact) mass is 411 g/mol. The molecule has 1 saturated heterocycles. The zero-order valence-electron chi connectivity index (χ0n) is 17.3. The first-order valence-corrected chi connectivity index (χ1v) is 10.3. The topological polar surface area (TPSA) is 79.9 Å². The first-order valence-electron chi connectivity index (χ1n) is 10.3. The lowest BCUT2D eigenvalue weighted by molar-refractivity contribution is -0.136. The van der Waals surface area contributed by atoms with Gasteiger partial charge in [0.1, 0.15) is 5.75 Å². The van der Waals surface area contributed by atoms with E-state index in [0.717, 1.165) is 39.1 Å². The van der Waals surface area contributed by atoms with Crippen LogP contribution in [0.15, 0.2) is 54.6 Å². The Balaban J connectivity index is 1.31. The van der Waals surface area contributed by atoms with Crippen molar-refractivity contribution in [2.24, 2.45) is 0 Å². The number of carbonyl (C=O) groups excluding carboxylic acids is 2. The normalized spacial score (nSPS) is 16.6. The fourth-order valence-electron chi connectivity index (χ4n) is 3.38. The summed E-state index contributed by atoms with van der Waals surface area (Å²) in [7, 11) is 1.57. The third-order valence-corrected chi connectivity index (χ3v) is 5.06. The number of anilines is 1. The van der Waals surface area contributed by atoms with Crippen LogP contribution in [0.5, 0.6) is 5.75 Å². The molecule has 160 valence electrons. The van der Waals surface area contributed by atoms with Gasteiger partial charge in [-0.25, -0.2) is 0 Å². The summed E-state index contributed by atoms with van der Waals surface area (Å²) in [4.78, 5) is 26.3. The van der Waals surface area contributed by atoms with Gasteiger partial charge in [-0.3, -0.25) is 14.5 Å². The Bertz CT molecular complexity index is 811. The molecule has 2 aromatic rings. The zero-order valence-corrected chi connectivity index (χ0v) is 17.3. The smallest absolute Gasteiger partial charge is 0.313 e. The fraction of sp³-hybridized carbons (Fsp3) is 0.391. The van der Waals surface area contributed by atoms with Crippen molar-refractivity contribution in [1.82, 2.24) is 10.2 Å². The number of nitrogens with zero attached hydrogens (tertiary/aromatic N) is 1. The largest absolute Gasteiger partial charge is 0.497 e. The van der Waals surface area contributed by atoms with E-state index in [9.17, 15) is 9.59 Å². The number of rotatable bonds is 8. The number of hydrogen-bond acceptors (Lipinski definition) is 5. The maximum absolute atomic E-state index is 12.0. The average Bonchev–Trinajstić information content (AvgIpc) is 2.80. The van der Waals surface area contributed by atoms with Crippen molar-refractivity contribution in [3.05, 3.63) is 60.2 Å². The second-order valence-corrected chi connectivity index (χ2v) is 7.22. The first-order chi connectivity index (χ1) is 14.7. The highest BCUT2D eigenvalue weighted by Gasteiger charge is 2.21. The Morgan fingerprint density at radius 3 is 2.57 bits per heavy atom. The van der Waals surface area contributed by atoms with Crippen LogP contribution in [-0.2, 0) is 14.3 Å². The van der Waals surface area contributed by atoms with Gasteiger partial charge in [0, 0.05) is 25.3 Å². The van der Waals surface area contributed by atoms with Gasteiger partial charge in [-0.15, -0.1) is 0 Å². The molecule has 0 aliphatic carbocycles. The van der Waals surface area contributed by atoms with Crippen LogP contribution < -0.4 is 15.4 Å². The molecule has 1 heterocycles. The van der Waals surface area contributed by atoms with Crippen molar-refractivity contribution in [3.63, 3.8) is 0 Å². The standard InChI is InChI=1S/C23H29N3O4/c1-29-20-11-9-19(10-12-20)25-23(28)22(27)24-13-5-6-14-26-15-16-30-21(17-26)18-7-3-2-4-8-18/h2-4,7-12,21H,5-6,13-17H2,1H3,(H,24,27)(H,25,28). The van der Waals surface area contributed by atoms with E-state index >= 15 is 0 Å². The molecule has 1 aliphatic rings. The van der Waals surface area contributed by atoms with E-state index in [1.807, 2.05) is 18.2 Å². The first kappa shape index (κ1) is 21.8. The molecule has 2 N–H and O–H groups in total. The molecule has 1 aliphatic heterocycles. The van der Waals surface area contributed by atoms with Crippen LogP contribution in [-0.4, -0.2) is 56.6 Å². The second-order valence-electron chi connectivity index (χ2n) is 7.22. The van der Waals surface area contributed by atoms with Crippen molar-refractivity contribution in [2.45, 2.75) is 18.9 Å². The Morgan fingerprint density at radius 1 is 1.07 bits per heavy atom. The van der Waals surface area contributed by atoms with Crippen molar-refractivity contribution in [2.75, 3.05) is 45.2 Å². The van der Waals surface area contributed by atoms with Crippen LogP contribution in [0.3, 0.4) is 0 Å². The van der Waals surface area contributed by atoms with E-state index in [2.05, 4.69) is 27.7 Å². The van der Waals surface area contributed by atoms with Crippen LogP contribution in [0.2, 0.25) is 0 Å². The number of nitrogens with one attached hydrogen (secondary N) is 2. The summed E-state index contributed by atoms with van der Waals surface area (Å²) >= 11 is 0. The highest BCUT2D eigenvalue weighted by Crippen LogP contribution is 2.22. The molecular formula is C23H29N3O4. The molecule has 7 nitrogen and oxygen atoms in total. The van der Waals surface area contributed by atoms with Crippen molar-refractivity contribution in [1.29, 1.82) is 0 Å². The molecule has 0 spiro atoms. The lowest BCUT2D eigenvalue weighted by atomic mass is 10.1. The molecule has 1 unspecified atom stereocenters. The van der Waals surface area contributed by atoms with Crippen LogP contribution in [0.25, 0.3) is 0 Å². The number of hydrogen-bond donors (Lipinski definition) is 2. The lowest BCUT2D eigenvalue weighted by Crippen LogP contribution is -2.39. The number of ether oxygens (including phenoxy) is 2. The van der Waals surface area contributed by atoms with Gasteiger partial charge in [0.05, 0.1) is 19.8 Å². The predicted molar refractivity (Wildman–Crippen MR) is 115 cm³/mol. The molecule has 1 fully saturated rings. The maximum Gasteiger partial charge on any atom is 0.313 e. The zero-order chi connectivity index (χ0) is 21.2. The molecule has 30 heavy (non-hydrogen) atoms. The van der Waals surface area contributed by atoms with E-state index in [-0.39, 0.29) is 6.10 Å². The number of methoxy groups -OCH3 is 1. The van der Waals surface area contributed by atoms with Crippen molar-refractivity contribution >= 4 is 17.5 Å². The maximum atomic E-state index is 12.0. The summed E-state index contributed by atoms with van der Waals surface area (Å²) < 4.78 is 11.0. The number of unbranched alkanes of at least 4 members (excludes halogenated alkanes) is 1. The third-order valence-electron chi connectivity index (χ3n) is 5.06. The van der Waals surface area contributed by atoms with Crippen LogP contribution in [0.4, 0.5) is 5.69 Å². The summed E-state index contributed by atoms with van der Waals surface area (Å²) in [6.07, 6.45) is 1.87. The Labute approximate surface area is 177 Å². The average molecular weight is 412 g/mol. The molecule has 0 radical (unpaired) electrons. The molecule has 2 amide bonds. The van der Waals surface area contributed by atoms with E-state index < -0.39 is 11.8 Å². The van der Waals surface area contributed by atoms with Gasteiger partial charge >= 0.3 is 11.8 Å². The van der Waals surface area contributed by atoms with Gasteiger partial charge in [-0.1, -0.05) is 30.3 Å². The summed E-state index contributed by atoms with van der Waals surface area (Å²) in [5.41, 5.74) is 1.76. The minimum absolute atomic E-state index is 0.112. The highest BCUT2D eigenvalue weighted by atomic mass is 16.5.